The van der Waals surface area contributed by atoms with E-state index in [1.807, 2.05) is 26.0 Å². The average Bonchev–Trinajstić information content (AvgIpc) is 3.39. The lowest BCUT2D eigenvalue weighted by Crippen LogP contribution is -2.40. The monoisotopic (exact) mass is 455 g/mol. The van der Waals surface area contributed by atoms with Crippen LogP contribution < -0.4 is 18.9 Å². The third kappa shape index (κ3) is 3.21. The largest absolute Gasteiger partial charge is 0.502 e. The first kappa shape index (κ1) is 21.2. The van der Waals surface area contributed by atoms with E-state index < -0.39 is 23.6 Å². The van der Waals surface area contributed by atoms with Crippen LogP contribution in [0.2, 0.25) is 0 Å². The summed E-state index contributed by atoms with van der Waals surface area (Å²) in [6.45, 7) is 3.90. The van der Waals surface area contributed by atoms with Gasteiger partial charge in [-0.25, -0.2) is 0 Å². The summed E-state index contributed by atoms with van der Waals surface area (Å²) < 4.78 is 27.9. The normalized spacial score (nSPS) is 23.7. The van der Waals surface area contributed by atoms with Crippen LogP contribution >= 0.6 is 0 Å². The van der Waals surface area contributed by atoms with E-state index in [2.05, 4.69) is 5.16 Å². The van der Waals surface area contributed by atoms with Crippen molar-refractivity contribution < 1.29 is 38.4 Å². The molecule has 1 N–H and O–H groups in total. The summed E-state index contributed by atoms with van der Waals surface area (Å²) in [7, 11) is 4.28. The van der Waals surface area contributed by atoms with Gasteiger partial charge in [-0.15, -0.1) is 0 Å². The number of phenolic OH excluding ortho intramolecular Hbond substituents is 1. The Labute approximate surface area is 190 Å². The second-order valence-electron chi connectivity index (χ2n) is 8.67. The fraction of sp³-hybridized carbons (Fsp3) is 0.417. The maximum absolute atomic E-state index is 13.1. The van der Waals surface area contributed by atoms with E-state index in [1.165, 1.54) is 21.3 Å². The Kier molecular flexibility index (Phi) is 4.81. The number of nitrogens with zero attached hydrogens (tertiary/aromatic N) is 1. The molecule has 5 rings (SSSR count). The number of phenols is 1. The molecule has 1 aliphatic carbocycles. The molecule has 9 heteroatoms. The first-order valence-corrected chi connectivity index (χ1v) is 10.6. The maximum Gasteiger partial charge on any atom is 0.310 e. The molecule has 0 saturated carbocycles. The van der Waals surface area contributed by atoms with Crippen molar-refractivity contribution in [3.05, 3.63) is 41.0 Å². The lowest BCUT2D eigenvalue weighted by Gasteiger charge is -2.36. The Balaban J connectivity index is 1.77. The van der Waals surface area contributed by atoms with Crippen molar-refractivity contribution >= 4 is 11.7 Å². The molecule has 0 spiro atoms. The number of hydrogen-bond acceptors (Lipinski definition) is 9. The SMILES string of the molecule is COC(=O)[C@@H]1[C@H](c2cc(OC)c(O)c(OC)c2)c2cc3c(cc2C2=NOC[C@H]21)OC(C)(C)O3. The molecular formula is C24H25NO8. The van der Waals surface area contributed by atoms with Gasteiger partial charge in [0.1, 0.15) is 6.61 Å². The Bertz CT molecular complexity index is 1150. The Morgan fingerprint density at radius 1 is 1.06 bits per heavy atom. The van der Waals surface area contributed by atoms with Gasteiger partial charge >= 0.3 is 5.97 Å². The fourth-order valence-corrected chi connectivity index (χ4v) is 4.96. The number of methoxy groups -OCH3 is 3. The molecule has 33 heavy (non-hydrogen) atoms. The van der Waals surface area contributed by atoms with Crippen LogP contribution in [0, 0.1) is 11.8 Å². The van der Waals surface area contributed by atoms with Gasteiger partial charge in [0, 0.05) is 25.3 Å². The van der Waals surface area contributed by atoms with Gasteiger partial charge in [0.05, 0.1) is 38.9 Å². The molecule has 0 radical (unpaired) electrons. The molecule has 2 aromatic carbocycles. The number of oxime groups is 1. The summed E-state index contributed by atoms with van der Waals surface area (Å²) in [5.74, 6) is -1.11. The van der Waals surface area contributed by atoms with E-state index >= 15 is 0 Å². The summed E-state index contributed by atoms with van der Waals surface area (Å²) in [5.41, 5.74) is 3.00. The number of esters is 1. The van der Waals surface area contributed by atoms with E-state index in [-0.39, 0.29) is 29.8 Å². The number of aromatic hydroxyl groups is 1. The van der Waals surface area contributed by atoms with Gasteiger partial charge in [0.15, 0.2) is 23.0 Å². The third-order valence-corrected chi connectivity index (χ3v) is 6.33. The molecule has 3 atom stereocenters. The van der Waals surface area contributed by atoms with Gasteiger partial charge in [-0.3, -0.25) is 4.79 Å². The first-order chi connectivity index (χ1) is 15.8. The molecule has 0 amide bonds. The summed E-state index contributed by atoms with van der Waals surface area (Å²) in [6.07, 6.45) is 0. The van der Waals surface area contributed by atoms with Crippen molar-refractivity contribution in [2.75, 3.05) is 27.9 Å². The van der Waals surface area contributed by atoms with E-state index in [4.69, 9.17) is 28.5 Å². The molecule has 0 fully saturated rings. The molecule has 9 nitrogen and oxygen atoms in total. The maximum atomic E-state index is 13.1. The number of benzene rings is 2. The van der Waals surface area contributed by atoms with Crippen LogP contribution in [-0.4, -0.2) is 50.5 Å². The summed E-state index contributed by atoms with van der Waals surface area (Å²) >= 11 is 0. The minimum atomic E-state index is -0.818. The first-order valence-electron chi connectivity index (χ1n) is 10.6. The van der Waals surface area contributed by atoms with E-state index in [1.54, 1.807) is 12.1 Å². The fourth-order valence-electron chi connectivity index (χ4n) is 4.96. The molecule has 0 aromatic heterocycles. The minimum Gasteiger partial charge on any atom is -0.502 e. The van der Waals surface area contributed by atoms with Gasteiger partial charge in [-0.05, 0) is 35.4 Å². The van der Waals surface area contributed by atoms with Crippen LogP contribution in [0.1, 0.15) is 36.5 Å². The molecule has 0 unspecified atom stereocenters. The van der Waals surface area contributed by atoms with Crippen LogP contribution in [0.25, 0.3) is 0 Å². The molecule has 3 aliphatic rings. The highest BCUT2D eigenvalue weighted by molar-refractivity contribution is 6.08. The third-order valence-electron chi connectivity index (χ3n) is 6.33. The Morgan fingerprint density at radius 2 is 1.70 bits per heavy atom. The zero-order chi connectivity index (χ0) is 23.5. The zero-order valence-corrected chi connectivity index (χ0v) is 19.0. The molecule has 2 aliphatic heterocycles. The van der Waals surface area contributed by atoms with Crippen LogP contribution in [0.15, 0.2) is 29.4 Å². The topological polar surface area (TPSA) is 105 Å². The predicted molar refractivity (Wildman–Crippen MR) is 116 cm³/mol. The molecule has 0 bridgehead atoms. The van der Waals surface area contributed by atoms with Gasteiger partial charge in [0.25, 0.3) is 0 Å². The highest BCUT2D eigenvalue weighted by atomic mass is 16.7. The number of fused-ring (bicyclic) bond motifs is 4. The number of ether oxygens (including phenoxy) is 5. The second-order valence-corrected chi connectivity index (χ2v) is 8.67. The predicted octanol–water partition coefficient (Wildman–Crippen LogP) is 3.20. The van der Waals surface area contributed by atoms with E-state index in [9.17, 15) is 9.90 Å². The molecule has 2 heterocycles. The molecule has 174 valence electrons. The number of carbonyl (C=O) groups is 1. The summed E-state index contributed by atoms with van der Waals surface area (Å²) in [6, 6.07) is 7.17. The van der Waals surface area contributed by atoms with Crippen LogP contribution in [0.4, 0.5) is 0 Å². The Hall–Kier alpha value is -3.62. The standard InChI is InChI=1S/C24H25NO8/c1-24(2)32-15-8-12-13(9-16(15)33-24)21-14(10-31-25-21)20(23(27)30-5)19(12)11-6-17(28-3)22(26)18(7-11)29-4/h6-9,14,19-20,26H,10H2,1-5H3/t14-,19+,20-/m0/s1. The van der Waals surface area contributed by atoms with Crippen molar-refractivity contribution in [2.24, 2.45) is 17.0 Å². The van der Waals surface area contributed by atoms with Gasteiger partial charge in [-0.1, -0.05) is 5.16 Å². The molecular weight excluding hydrogens is 430 g/mol. The molecule has 2 aromatic rings. The number of carbonyl (C=O) groups excluding carboxylic acids is 1. The molecule has 0 saturated heterocycles. The van der Waals surface area contributed by atoms with E-state index in [0.717, 1.165) is 11.1 Å². The highest BCUT2D eigenvalue weighted by Crippen LogP contribution is 2.52. The minimum absolute atomic E-state index is 0.117. The number of hydrogen-bond donors (Lipinski definition) is 1. The average molecular weight is 455 g/mol. The lowest BCUT2D eigenvalue weighted by molar-refractivity contribution is -0.147. The van der Waals surface area contributed by atoms with Crippen molar-refractivity contribution in [3.8, 4) is 28.7 Å². The van der Waals surface area contributed by atoms with Crippen molar-refractivity contribution in [1.29, 1.82) is 0 Å². The van der Waals surface area contributed by atoms with Crippen LogP contribution in [-0.2, 0) is 14.4 Å². The highest BCUT2D eigenvalue weighted by Gasteiger charge is 2.50. The van der Waals surface area contributed by atoms with Crippen molar-refractivity contribution in [1.82, 2.24) is 0 Å². The van der Waals surface area contributed by atoms with E-state index in [0.29, 0.717) is 22.8 Å². The van der Waals surface area contributed by atoms with Crippen molar-refractivity contribution in [3.63, 3.8) is 0 Å². The quantitative estimate of drug-likeness (QED) is 0.701. The smallest absolute Gasteiger partial charge is 0.310 e. The second kappa shape index (κ2) is 7.47. The Morgan fingerprint density at radius 3 is 2.30 bits per heavy atom. The summed E-state index contributed by atoms with van der Waals surface area (Å²) in [4.78, 5) is 18.6. The lowest BCUT2D eigenvalue weighted by atomic mass is 9.65. The summed E-state index contributed by atoms with van der Waals surface area (Å²) in [5, 5.41) is 14.7. The van der Waals surface area contributed by atoms with Gasteiger partial charge < -0.3 is 33.6 Å². The van der Waals surface area contributed by atoms with Crippen LogP contribution in [0.3, 0.4) is 0 Å². The number of rotatable bonds is 4. The van der Waals surface area contributed by atoms with Crippen LogP contribution in [0.5, 0.6) is 28.7 Å². The van der Waals surface area contributed by atoms with Crippen molar-refractivity contribution in [2.45, 2.75) is 25.6 Å². The van der Waals surface area contributed by atoms with Gasteiger partial charge in [-0.2, -0.15) is 0 Å². The van der Waals surface area contributed by atoms with Gasteiger partial charge in [0.2, 0.25) is 11.5 Å². The zero-order valence-electron chi connectivity index (χ0n) is 19.0.